The number of methoxy groups -OCH3 is 1. The lowest BCUT2D eigenvalue weighted by Gasteiger charge is -2.33. The predicted molar refractivity (Wildman–Crippen MR) is 89.6 cm³/mol. The van der Waals surface area contributed by atoms with E-state index in [1.54, 1.807) is 11.0 Å². The second-order valence-electron chi connectivity index (χ2n) is 5.43. The molecule has 0 spiro atoms. The van der Waals surface area contributed by atoms with Gasteiger partial charge in [-0.15, -0.1) is 0 Å². The third-order valence-electron chi connectivity index (χ3n) is 3.83. The first kappa shape index (κ1) is 16.8. The average molecular weight is 318 g/mol. The maximum Gasteiger partial charge on any atom is 0.256 e. The molecule has 0 saturated carbocycles. The second-order valence-corrected chi connectivity index (χ2v) is 5.43. The highest BCUT2D eigenvalue weighted by molar-refractivity contribution is 6.07. The molecule has 1 aliphatic rings. The summed E-state index contributed by atoms with van der Waals surface area (Å²) in [5, 5.41) is 2.63. The average Bonchev–Trinajstić information content (AvgIpc) is 2.55. The number of carbonyl (C=O) groups excluding carboxylic acids is 2. The summed E-state index contributed by atoms with van der Waals surface area (Å²) >= 11 is 0. The summed E-state index contributed by atoms with van der Waals surface area (Å²) in [7, 11) is 3.50. The SMILES string of the molecule is C=CC(=O)Nc1cc(N)c(OC)cc1C(=O)N1CCN(C)CC1. The fourth-order valence-electron chi connectivity index (χ4n) is 2.42. The first-order valence-electron chi connectivity index (χ1n) is 7.35. The minimum atomic E-state index is -0.401. The molecule has 1 aliphatic heterocycles. The molecule has 1 saturated heterocycles. The van der Waals surface area contributed by atoms with Gasteiger partial charge in [-0.1, -0.05) is 6.58 Å². The molecule has 7 nitrogen and oxygen atoms in total. The zero-order valence-corrected chi connectivity index (χ0v) is 13.5. The highest BCUT2D eigenvalue weighted by atomic mass is 16.5. The molecule has 1 heterocycles. The Kier molecular flexibility index (Phi) is 5.23. The van der Waals surface area contributed by atoms with Crippen molar-refractivity contribution in [2.24, 2.45) is 0 Å². The van der Waals surface area contributed by atoms with Crippen LogP contribution in [0.25, 0.3) is 0 Å². The molecule has 0 bridgehead atoms. The normalized spacial score (nSPS) is 15.1. The summed E-state index contributed by atoms with van der Waals surface area (Å²) in [5.74, 6) is -0.156. The lowest BCUT2D eigenvalue weighted by atomic mass is 10.1. The van der Waals surface area contributed by atoms with E-state index < -0.39 is 5.91 Å². The van der Waals surface area contributed by atoms with Gasteiger partial charge in [-0.2, -0.15) is 0 Å². The van der Waals surface area contributed by atoms with Gasteiger partial charge in [0.2, 0.25) is 5.91 Å². The van der Waals surface area contributed by atoms with Crippen molar-refractivity contribution in [3.05, 3.63) is 30.4 Å². The van der Waals surface area contributed by atoms with Crippen LogP contribution < -0.4 is 15.8 Å². The summed E-state index contributed by atoms with van der Waals surface area (Å²) in [5.41, 5.74) is 6.95. The van der Waals surface area contributed by atoms with Gasteiger partial charge in [-0.05, 0) is 25.3 Å². The molecule has 23 heavy (non-hydrogen) atoms. The van der Waals surface area contributed by atoms with E-state index in [0.29, 0.717) is 35.8 Å². The van der Waals surface area contributed by atoms with Crippen LogP contribution in [-0.4, -0.2) is 62.0 Å². The number of nitrogens with two attached hydrogens (primary N) is 1. The van der Waals surface area contributed by atoms with Crippen molar-refractivity contribution < 1.29 is 14.3 Å². The lowest BCUT2D eigenvalue weighted by Crippen LogP contribution is -2.47. The quantitative estimate of drug-likeness (QED) is 0.633. The fraction of sp³-hybridized carbons (Fsp3) is 0.375. The Morgan fingerprint density at radius 3 is 2.52 bits per heavy atom. The van der Waals surface area contributed by atoms with Gasteiger partial charge in [0.05, 0.1) is 24.0 Å². The highest BCUT2D eigenvalue weighted by Crippen LogP contribution is 2.30. The molecule has 0 atom stereocenters. The Labute approximate surface area is 135 Å². The van der Waals surface area contributed by atoms with Crippen molar-refractivity contribution in [2.45, 2.75) is 0 Å². The number of benzene rings is 1. The predicted octanol–water partition coefficient (Wildman–Crippen LogP) is 0.789. The van der Waals surface area contributed by atoms with Gasteiger partial charge in [0.15, 0.2) is 0 Å². The molecular formula is C16H22N4O3. The van der Waals surface area contributed by atoms with E-state index in [0.717, 1.165) is 19.2 Å². The van der Waals surface area contributed by atoms with E-state index in [1.807, 2.05) is 7.05 Å². The van der Waals surface area contributed by atoms with Gasteiger partial charge < -0.3 is 25.6 Å². The van der Waals surface area contributed by atoms with Crippen LogP contribution in [0.3, 0.4) is 0 Å². The van der Waals surface area contributed by atoms with Crippen LogP contribution in [0.4, 0.5) is 11.4 Å². The number of nitrogens with one attached hydrogen (secondary N) is 1. The van der Waals surface area contributed by atoms with Crippen molar-refractivity contribution >= 4 is 23.2 Å². The van der Waals surface area contributed by atoms with Gasteiger partial charge in [-0.3, -0.25) is 9.59 Å². The number of hydrogen-bond donors (Lipinski definition) is 2. The number of carbonyl (C=O) groups is 2. The molecule has 2 rings (SSSR count). The van der Waals surface area contributed by atoms with Gasteiger partial charge >= 0.3 is 0 Å². The van der Waals surface area contributed by atoms with Gasteiger partial charge in [0.1, 0.15) is 5.75 Å². The van der Waals surface area contributed by atoms with Crippen molar-refractivity contribution in [1.29, 1.82) is 0 Å². The number of nitrogens with zero attached hydrogens (tertiary/aromatic N) is 2. The molecule has 0 unspecified atom stereocenters. The van der Waals surface area contributed by atoms with Crippen LogP contribution >= 0.6 is 0 Å². The molecular weight excluding hydrogens is 296 g/mol. The van der Waals surface area contributed by atoms with Crippen LogP contribution in [0.1, 0.15) is 10.4 Å². The van der Waals surface area contributed by atoms with E-state index in [1.165, 1.54) is 13.2 Å². The maximum atomic E-state index is 12.8. The Hall–Kier alpha value is -2.54. The van der Waals surface area contributed by atoms with Crippen LogP contribution in [-0.2, 0) is 4.79 Å². The highest BCUT2D eigenvalue weighted by Gasteiger charge is 2.24. The maximum absolute atomic E-state index is 12.8. The number of rotatable bonds is 4. The Morgan fingerprint density at radius 2 is 1.96 bits per heavy atom. The molecule has 0 radical (unpaired) electrons. The van der Waals surface area contributed by atoms with Gasteiger partial charge in [0, 0.05) is 26.2 Å². The molecule has 3 N–H and O–H groups in total. The number of ether oxygens (including phenoxy) is 1. The van der Waals surface area contributed by atoms with Crippen LogP contribution in [0.15, 0.2) is 24.8 Å². The molecule has 0 aliphatic carbocycles. The first-order valence-corrected chi connectivity index (χ1v) is 7.35. The van der Waals surface area contributed by atoms with Crippen LogP contribution in [0, 0.1) is 0 Å². The monoisotopic (exact) mass is 318 g/mol. The zero-order chi connectivity index (χ0) is 17.0. The zero-order valence-electron chi connectivity index (χ0n) is 13.5. The van der Waals surface area contributed by atoms with Crippen molar-refractivity contribution in [3.8, 4) is 5.75 Å². The number of likely N-dealkylation sites (N-methyl/N-ethyl adjacent to an activating group) is 1. The minimum absolute atomic E-state index is 0.157. The number of piperazine rings is 1. The lowest BCUT2D eigenvalue weighted by molar-refractivity contribution is -0.111. The first-order chi connectivity index (χ1) is 11.0. The van der Waals surface area contributed by atoms with Gasteiger partial charge in [0.25, 0.3) is 5.91 Å². The van der Waals surface area contributed by atoms with Crippen LogP contribution in [0.2, 0.25) is 0 Å². The molecule has 1 aromatic carbocycles. The third kappa shape index (κ3) is 3.81. The number of anilines is 2. The largest absolute Gasteiger partial charge is 0.495 e. The van der Waals surface area contributed by atoms with E-state index in [9.17, 15) is 9.59 Å². The molecule has 124 valence electrons. The van der Waals surface area contributed by atoms with Crippen molar-refractivity contribution in [1.82, 2.24) is 9.80 Å². The van der Waals surface area contributed by atoms with E-state index in [4.69, 9.17) is 10.5 Å². The van der Waals surface area contributed by atoms with Gasteiger partial charge in [-0.25, -0.2) is 0 Å². The standard InChI is InChI=1S/C16H22N4O3/c1-4-15(21)18-13-10-12(17)14(23-3)9-11(13)16(22)20-7-5-19(2)6-8-20/h4,9-10H,1,5-8,17H2,2-3H3,(H,18,21). The number of nitrogen functional groups attached to an aromatic ring is 1. The summed E-state index contributed by atoms with van der Waals surface area (Å²) in [6.07, 6.45) is 1.14. The molecule has 2 amide bonds. The fourth-order valence-corrected chi connectivity index (χ4v) is 2.42. The van der Waals surface area contributed by atoms with E-state index in [-0.39, 0.29) is 5.91 Å². The Bertz CT molecular complexity index is 622. The Morgan fingerprint density at radius 1 is 1.30 bits per heavy atom. The molecule has 0 aromatic heterocycles. The third-order valence-corrected chi connectivity index (χ3v) is 3.83. The molecule has 7 heteroatoms. The summed E-state index contributed by atoms with van der Waals surface area (Å²) in [4.78, 5) is 28.3. The minimum Gasteiger partial charge on any atom is -0.495 e. The van der Waals surface area contributed by atoms with Crippen molar-refractivity contribution in [2.75, 3.05) is 51.4 Å². The molecule has 1 fully saturated rings. The smallest absolute Gasteiger partial charge is 0.256 e. The van der Waals surface area contributed by atoms with Crippen LogP contribution in [0.5, 0.6) is 5.75 Å². The number of amides is 2. The van der Waals surface area contributed by atoms with Crippen molar-refractivity contribution in [3.63, 3.8) is 0 Å². The number of hydrogen-bond acceptors (Lipinski definition) is 5. The summed E-state index contributed by atoms with van der Waals surface area (Å²) in [6.45, 7) is 6.31. The summed E-state index contributed by atoms with van der Waals surface area (Å²) in [6, 6.07) is 3.10. The van der Waals surface area contributed by atoms with E-state index >= 15 is 0 Å². The second kappa shape index (κ2) is 7.15. The van der Waals surface area contributed by atoms with E-state index in [2.05, 4.69) is 16.8 Å². The topological polar surface area (TPSA) is 87.9 Å². The molecule has 1 aromatic rings. The Balaban J connectivity index is 2.35. The summed E-state index contributed by atoms with van der Waals surface area (Å²) < 4.78 is 5.19.